The van der Waals surface area contributed by atoms with Crippen molar-refractivity contribution in [1.82, 2.24) is 9.88 Å². The number of carbonyl (C=O) groups excluding carboxylic acids is 2. The second kappa shape index (κ2) is 7.50. The van der Waals surface area contributed by atoms with Crippen molar-refractivity contribution >= 4 is 17.5 Å². The van der Waals surface area contributed by atoms with Crippen molar-refractivity contribution in [3.63, 3.8) is 0 Å². The highest BCUT2D eigenvalue weighted by Gasteiger charge is 2.29. The van der Waals surface area contributed by atoms with E-state index in [4.69, 9.17) is 0 Å². The van der Waals surface area contributed by atoms with Gasteiger partial charge >= 0.3 is 6.18 Å². The molecule has 0 aliphatic carbocycles. The molecular formula is C15H18F3N3O3. The van der Waals surface area contributed by atoms with E-state index in [9.17, 15) is 22.8 Å². The Morgan fingerprint density at radius 3 is 2.75 bits per heavy atom. The van der Waals surface area contributed by atoms with E-state index in [2.05, 4.69) is 15.0 Å². The summed E-state index contributed by atoms with van der Waals surface area (Å²) in [6.07, 6.45) is -1.77. The molecule has 2 heterocycles. The highest BCUT2D eigenvalue weighted by Crippen LogP contribution is 2.20. The third-order valence-corrected chi connectivity index (χ3v) is 3.63. The Morgan fingerprint density at radius 2 is 2.17 bits per heavy atom. The summed E-state index contributed by atoms with van der Waals surface area (Å²) in [7, 11) is 0. The van der Waals surface area contributed by atoms with Crippen LogP contribution in [-0.2, 0) is 9.59 Å². The lowest BCUT2D eigenvalue weighted by Gasteiger charge is -2.31. The molecule has 2 amide bonds. The van der Waals surface area contributed by atoms with Crippen LogP contribution in [0, 0.1) is 5.92 Å². The SMILES string of the molecule is CC(=O)N1CCCC(C(=O)Nc2ccc(OCC(F)(F)F)nc2)C1. The van der Waals surface area contributed by atoms with Gasteiger partial charge in [-0.1, -0.05) is 0 Å². The zero-order valence-electron chi connectivity index (χ0n) is 13.1. The monoisotopic (exact) mass is 345 g/mol. The number of hydrogen-bond acceptors (Lipinski definition) is 4. The first-order chi connectivity index (χ1) is 11.2. The molecule has 1 unspecified atom stereocenters. The van der Waals surface area contributed by atoms with Crippen molar-refractivity contribution in [2.24, 2.45) is 5.92 Å². The first-order valence-corrected chi connectivity index (χ1v) is 7.46. The average molecular weight is 345 g/mol. The van der Waals surface area contributed by atoms with Gasteiger partial charge < -0.3 is 15.0 Å². The third kappa shape index (κ3) is 5.39. The predicted molar refractivity (Wildman–Crippen MR) is 79.4 cm³/mol. The summed E-state index contributed by atoms with van der Waals surface area (Å²) in [4.78, 5) is 29.0. The first-order valence-electron chi connectivity index (χ1n) is 7.46. The molecule has 1 aliphatic rings. The Morgan fingerprint density at radius 1 is 1.42 bits per heavy atom. The Balaban J connectivity index is 1.88. The molecule has 1 fully saturated rings. The Kier molecular flexibility index (Phi) is 5.63. The van der Waals surface area contributed by atoms with Crippen molar-refractivity contribution in [1.29, 1.82) is 0 Å². The molecule has 1 aliphatic heterocycles. The molecule has 0 spiro atoms. The number of ether oxygens (including phenoxy) is 1. The highest BCUT2D eigenvalue weighted by atomic mass is 19.4. The lowest BCUT2D eigenvalue weighted by atomic mass is 9.97. The molecule has 2 rings (SSSR count). The van der Waals surface area contributed by atoms with Crippen LogP contribution in [0.4, 0.5) is 18.9 Å². The van der Waals surface area contributed by atoms with Crippen molar-refractivity contribution in [3.05, 3.63) is 18.3 Å². The Hall–Kier alpha value is -2.32. The summed E-state index contributed by atoms with van der Waals surface area (Å²) in [5.41, 5.74) is 0.360. The zero-order chi connectivity index (χ0) is 17.7. The summed E-state index contributed by atoms with van der Waals surface area (Å²) in [5.74, 6) is -0.804. The second-order valence-corrected chi connectivity index (χ2v) is 5.58. The van der Waals surface area contributed by atoms with E-state index >= 15 is 0 Å². The first kappa shape index (κ1) is 18.0. The fourth-order valence-corrected chi connectivity index (χ4v) is 2.42. The number of piperidine rings is 1. The van der Waals surface area contributed by atoms with Crippen LogP contribution >= 0.6 is 0 Å². The molecule has 1 N–H and O–H groups in total. The van der Waals surface area contributed by atoms with Gasteiger partial charge in [-0.05, 0) is 18.9 Å². The van der Waals surface area contributed by atoms with E-state index in [0.717, 1.165) is 6.42 Å². The minimum Gasteiger partial charge on any atom is -0.468 e. The number of anilines is 1. The number of alkyl halides is 3. The van der Waals surface area contributed by atoms with Crippen LogP contribution in [0.2, 0.25) is 0 Å². The maximum absolute atomic E-state index is 12.2. The minimum atomic E-state index is -4.43. The molecule has 132 valence electrons. The van der Waals surface area contributed by atoms with Crippen LogP contribution in [0.1, 0.15) is 19.8 Å². The highest BCUT2D eigenvalue weighted by molar-refractivity contribution is 5.93. The summed E-state index contributed by atoms with van der Waals surface area (Å²) in [6, 6.07) is 2.67. The van der Waals surface area contributed by atoms with Gasteiger partial charge in [-0.3, -0.25) is 9.59 Å². The molecule has 0 saturated carbocycles. The van der Waals surface area contributed by atoms with Gasteiger partial charge in [-0.15, -0.1) is 0 Å². The van der Waals surface area contributed by atoms with Gasteiger partial charge in [0.05, 0.1) is 17.8 Å². The summed E-state index contributed by atoms with van der Waals surface area (Å²) in [6.45, 7) is 1.05. The predicted octanol–water partition coefficient (Wildman–Crippen LogP) is 2.22. The number of rotatable bonds is 4. The van der Waals surface area contributed by atoms with Gasteiger partial charge in [0.15, 0.2) is 6.61 Å². The van der Waals surface area contributed by atoms with Crippen molar-refractivity contribution < 1.29 is 27.5 Å². The van der Waals surface area contributed by atoms with Crippen LogP contribution in [0.15, 0.2) is 18.3 Å². The number of amides is 2. The molecule has 1 aromatic rings. The van der Waals surface area contributed by atoms with E-state index in [-0.39, 0.29) is 23.6 Å². The molecule has 1 atom stereocenters. The van der Waals surface area contributed by atoms with Crippen LogP contribution < -0.4 is 10.1 Å². The summed E-state index contributed by atoms with van der Waals surface area (Å²) in [5, 5.41) is 2.65. The van der Waals surface area contributed by atoms with Crippen molar-refractivity contribution in [2.75, 3.05) is 25.0 Å². The van der Waals surface area contributed by atoms with Crippen LogP contribution in [0.5, 0.6) is 5.88 Å². The van der Waals surface area contributed by atoms with Gasteiger partial charge in [-0.2, -0.15) is 13.2 Å². The van der Waals surface area contributed by atoms with E-state index < -0.39 is 12.8 Å². The molecule has 1 aromatic heterocycles. The molecule has 0 radical (unpaired) electrons. The normalized spacial score (nSPS) is 18.2. The fraction of sp³-hybridized carbons (Fsp3) is 0.533. The second-order valence-electron chi connectivity index (χ2n) is 5.58. The van der Waals surface area contributed by atoms with E-state index in [1.807, 2.05) is 0 Å². The van der Waals surface area contributed by atoms with Gasteiger partial charge in [0.2, 0.25) is 17.7 Å². The van der Waals surface area contributed by atoms with Gasteiger partial charge in [0.1, 0.15) is 0 Å². The van der Waals surface area contributed by atoms with E-state index in [1.54, 1.807) is 4.90 Å². The number of nitrogens with one attached hydrogen (secondary N) is 1. The molecule has 0 bridgehead atoms. The minimum absolute atomic E-state index is 0.0691. The molecule has 6 nitrogen and oxygen atoms in total. The van der Waals surface area contributed by atoms with Gasteiger partial charge in [-0.25, -0.2) is 4.98 Å². The summed E-state index contributed by atoms with van der Waals surface area (Å²) >= 11 is 0. The van der Waals surface area contributed by atoms with Gasteiger partial charge in [0.25, 0.3) is 0 Å². The maximum Gasteiger partial charge on any atom is 0.422 e. The molecule has 24 heavy (non-hydrogen) atoms. The van der Waals surface area contributed by atoms with E-state index in [1.165, 1.54) is 25.3 Å². The van der Waals surface area contributed by atoms with E-state index in [0.29, 0.717) is 25.2 Å². The molecule has 9 heteroatoms. The number of aromatic nitrogens is 1. The van der Waals surface area contributed by atoms with Crippen molar-refractivity contribution in [3.8, 4) is 5.88 Å². The lowest BCUT2D eigenvalue weighted by molar-refractivity contribution is -0.154. The Labute approximate surface area is 137 Å². The molecule has 1 saturated heterocycles. The maximum atomic E-state index is 12.2. The van der Waals surface area contributed by atoms with Crippen LogP contribution in [0.25, 0.3) is 0 Å². The van der Waals surface area contributed by atoms with Crippen LogP contribution in [0.3, 0.4) is 0 Å². The van der Waals surface area contributed by atoms with Crippen LogP contribution in [-0.4, -0.2) is 47.6 Å². The quantitative estimate of drug-likeness (QED) is 0.908. The number of hydrogen-bond donors (Lipinski definition) is 1. The number of carbonyl (C=O) groups is 2. The molecular weight excluding hydrogens is 327 g/mol. The summed E-state index contributed by atoms with van der Waals surface area (Å²) < 4.78 is 40.6. The standard InChI is InChI=1S/C15H18F3N3O3/c1-10(22)21-6-2-3-11(8-21)14(23)20-12-4-5-13(19-7-12)24-9-15(16,17)18/h4-5,7,11H,2-3,6,8-9H2,1H3,(H,20,23). The number of nitrogens with zero attached hydrogens (tertiary/aromatic N) is 2. The zero-order valence-corrected chi connectivity index (χ0v) is 13.1. The lowest BCUT2D eigenvalue weighted by Crippen LogP contribution is -2.42. The number of pyridine rings is 1. The van der Waals surface area contributed by atoms with Gasteiger partial charge in [0, 0.05) is 26.1 Å². The number of likely N-dealkylation sites (tertiary alicyclic amines) is 1. The fourth-order valence-electron chi connectivity index (χ4n) is 2.42. The molecule has 0 aromatic carbocycles. The average Bonchev–Trinajstić information content (AvgIpc) is 2.53. The van der Waals surface area contributed by atoms with Crippen molar-refractivity contribution in [2.45, 2.75) is 25.9 Å². The topological polar surface area (TPSA) is 71.5 Å². The largest absolute Gasteiger partial charge is 0.468 e. The Bertz CT molecular complexity index is 590. The number of halogens is 3. The smallest absolute Gasteiger partial charge is 0.422 e. The third-order valence-electron chi connectivity index (χ3n) is 3.63.